The predicted octanol–water partition coefficient (Wildman–Crippen LogP) is 1.86. The predicted molar refractivity (Wildman–Crippen MR) is 63.5 cm³/mol. The molecule has 90 valence electrons. The third kappa shape index (κ3) is 2.95. The third-order valence-corrected chi connectivity index (χ3v) is 5.48. The molecule has 0 radical (unpaired) electrons. The Hall–Kier alpha value is -0.140. The number of rotatable bonds is 4. The van der Waals surface area contributed by atoms with Gasteiger partial charge in [-0.05, 0) is 25.0 Å². The van der Waals surface area contributed by atoms with E-state index in [4.69, 9.17) is 16.3 Å². The van der Waals surface area contributed by atoms with Gasteiger partial charge in [0.1, 0.15) is 4.21 Å². The Bertz CT molecular complexity index is 451. The third-order valence-electron chi connectivity index (χ3n) is 2.34. The minimum atomic E-state index is -3.42. The molecule has 1 aliphatic rings. The quantitative estimate of drug-likeness (QED) is 0.916. The monoisotopic (exact) mass is 281 g/mol. The summed E-state index contributed by atoms with van der Waals surface area (Å²) in [5.41, 5.74) is 0. The van der Waals surface area contributed by atoms with Crippen LogP contribution in [0.4, 0.5) is 0 Å². The van der Waals surface area contributed by atoms with E-state index in [1.807, 2.05) is 0 Å². The van der Waals surface area contributed by atoms with Crippen LogP contribution in [0.5, 0.6) is 0 Å². The summed E-state index contributed by atoms with van der Waals surface area (Å²) in [5.74, 6) is 0. The number of ether oxygens (including phenoxy) is 1. The summed E-state index contributed by atoms with van der Waals surface area (Å²) in [7, 11) is -3.42. The average Bonchev–Trinajstić information content (AvgIpc) is 2.85. The SMILES string of the molecule is O=S(=O)(NCC1CCCO1)c1ccc(Cl)s1. The Labute approximate surface area is 104 Å². The van der Waals surface area contributed by atoms with Crippen molar-refractivity contribution in [3.63, 3.8) is 0 Å². The standard InChI is InChI=1S/C9H12ClNO3S2/c10-8-3-4-9(15-8)16(12,13)11-6-7-2-1-5-14-7/h3-4,7,11H,1-2,5-6H2. The highest BCUT2D eigenvalue weighted by atomic mass is 35.5. The molecule has 1 N–H and O–H groups in total. The van der Waals surface area contributed by atoms with E-state index in [-0.39, 0.29) is 10.3 Å². The van der Waals surface area contributed by atoms with E-state index in [1.165, 1.54) is 6.07 Å². The van der Waals surface area contributed by atoms with Crippen molar-refractivity contribution in [1.29, 1.82) is 0 Å². The van der Waals surface area contributed by atoms with Gasteiger partial charge in [0, 0.05) is 13.2 Å². The van der Waals surface area contributed by atoms with Gasteiger partial charge >= 0.3 is 0 Å². The molecule has 0 amide bonds. The van der Waals surface area contributed by atoms with E-state index in [0.717, 1.165) is 30.8 Å². The largest absolute Gasteiger partial charge is 0.377 e. The van der Waals surface area contributed by atoms with Crippen LogP contribution in [0.25, 0.3) is 0 Å². The van der Waals surface area contributed by atoms with Gasteiger partial charge < -0.3 is 4.74 Å². The highest BCUT2D eigenvalue weighted by Crippen LogP contribution is 2.25. The van der Waals surface area contributed by atoms with Crippen LogP contribution in [0.1, 0.15) is 12.8 Å². The number of hydrogen-bond acceptors (Lipinski definition) is 4. The molecule has 0 aromatic carbocycles. The van der Waals surface area contributed by atoms with Gasteiger partial charge in [-0.1, -0.05) is 11.6 Å². The first-order valence-corrected chi connectivity index (χ1v) is 7.62. The molecule has 0 bridgehead atoms. The summed E-state index contributed by atoms with van der Waals surface area (Å²) in [6.45, 7) is 1.05. The number of halogens is 1. The molecule has 1 aromatic heterocycles. The topological polar surface area (TPSA) is 55.4 Å². The molecule has 1 aliphatic heterocycles. The highest BCUT2D eigenvalue weighted by Gasteiger charge is 2.21. The second kappa shape index (κ2) is 5.01. The Morgan fingerprint density at radius 2 is 2.38 bits per heavy atom. The Morgan fingerprint density at radius 3 is 2.94 bits per heavy atom. The lowest BCUT2D eigenvalue weighted by atomic mass is 10.2. The highest BCUT2D eigenvalue weighted by molar-refractivity contribution is 7.91. The van der Waals surface area contributed by atoms with Gasteiger partial charge in [-0.2, -0.15) is 0 Å². The van der Waals surface area contributed by atoms with E-state index in [2.05, 4.69) is 4.72 Å². The molecule has 1 unspecified atom stereocenters. The van der Waals surface area contributed by atoms with Crippen LogP contribution in [0.2, 0.25) is 4.34 Å². The van der Waals surface area contributed by atoms with Gasteiger partial charge in [0.15, 0.2) is 0 Å². The van der Waals surface area contributed by atoms with Crippen LogP contribution < -0.4 is 4.72 Å². The van der Waals surface area contributed by atoms with Crippen LogP contribution >= 0.6 is 22.9 Å². The van der Waals surface area contributed by atoms with E-state index < -0.39 is 10.0 Å². The second-order valence-electron chi connectivity index (χ2n) is 3.55. The zero-order chi connectivity index (χ0) is 11.6. The summed E-state index contributed by atoms with van der Waals surface area (Å²) in [4.78, 5) is 0. The van der Waals surface area contributed by atoms with Gasteiger partial charge in [-0.25, -0.2) is 13.1 Å². The van der Waals surface area contributed by atoms with E-state index in [9.17, 15) is 8.42 Å². The number of sulfonamides is 1. The van der Waals surface area contributed by atoms with Crippen LogP contribution in [-0.2, 0) is 14.8 Å². The smallest absolute Gasteiger partial charge is 0.250 e. The van der Waals surface area contributed by atoms with Crippen molar-refractivity contribution < 1.29 is 13.2 Å². The maximum Gasteiger partial charge on any atom is 0.250 e. The molecule has 1 saturated heterocycles. The lowest BCUT2D eigenvalue weighted by Crippen LogP contribution is -2.31. The van der Waals surface area contributed by atoms with Gasteiger partial charge in [0.05, 0.1) is 10.4 Å². The van der Waals surface area contributed by atoms with E-state index in [1.54, 1.807) is 6.07 Å². The first-order valence-electron chi connectivity index (χ1n) is 4.94. The summed E-state index contributed by atoms with van der Waals surface area (Å²) in [5, 5.41) is 0. The van der Waals surface area contributed by atoms with Crippen molar-refractivity contribution in [1.82, 2.24) is 4.72 Å². The number of hydrogen-bond donors (Lipinski definition) is 1. The lowest BCUT2D eigenvalue weighted by molar-refractivity contribution is 0.114. The Kier molecular flexibility index (Phi) is 3.86. The Morgan fingerprint density at radius 1 is 1.56 bits per heavy atom. The molecule has 1 atom stereocenters. The molecule has 7 heteroatoms. The number of nitrogens with one attached hydrogen (secondary N) is 1. The summed E-state index contributed by atoms with van der Waals surface area (Å²) < 4.78 is 32.2. The molecular formula is C9H12ClNO3S2. The van der Waals surface area contributed by atoms with Crippen LogP contribution in [-0.4, -0.2) is 27.7 Å². The first kappa shape index (κ1) is 12.3. The fraction of sp³-hybridized carbons (Fsp3) is 0.556. The van der Waals surface area contributed by atoms with Gasteiger partial charge in [-0.15, -0.1) is 11.3 Å². The second-order valence-corrected chi connectivity index (χ2v) is 7.25. The van der Waals surface area contributed by atoms with Crippen molar-refractivity contribution in [2.45, 2.75) is 23.2 Å². The van der Waals surface area contributed by atoms with Crippen LogP contribution in [0.3, 0.4) is 0 Å². The minimum absolute atomic E-state index is 0.00482. The summed E-state index contributed by atoms with van der Waals surface area (Å²) >= 11 is 6.75. The van der Waals surface area contributed by atoms with Crippen molar-refractivity contribution in [2.24, 2.45) is 0 Å². The molecule has 4 nitrogen and oxygen atoms in total. The normalized spacial score (nSPS) is 21.4. The molecule has 0 spiro atoms. The zero-order valence-electron chi connectivity index (χ0n) is 8.48. The molecule has 1 fully saturated rings. The van der Waals surface area contributed by atoms with Crippen molar-refractivity contribution in [3.8, 4) is 0 Å². The lowest BCUT2D eigenvalue weighted by Gasteiger charge is -2.09. The fourth-order valence-corrected chi connectivity index (χ4v) is 4.11. The zero-order valence-corrected chi connectivity index (χ0v) is 10.9. The van der Waals surface area contributed by atoms with Crippen LogP contribution in [0.15, 0.2) is 16.3 Å². The summed E-state index contributed by atoms with van der Waals surface area (Å²) in [6.07, 6.45) is 1.91. The van der Waals surface area contributed by atoms with Crippen molar-refractivity contribution >= 4 is 33.0 Å². The van der Waals surface area contributed by atoms with Crippen LogP contribution in [0, 0.1) is 0 Å². The van der Waals surface area contributed by atoms with Crippen molar-refractivity contribution in [2.75, 3.05) is 13.2 Å². The van der Waals surface area contributed by atoms with E-state index in [0.29, 0.717) is 10.9 Å². The van der Waals surface area contributed by atoms with Gasteiger partial charge in [0.2, 0.25) is 10.0 Å². The average molecular weight is 282 g/mol. The summed E-state index contributed by atoms with van der Waals surface area (Å²) in [6, 6.07) is 3.08. The van der Waals surface area contributed by atoms with E-state index >= 15 is 0 Å². The number of thiophene rings is 1. The molecule has 2 rings (SSSR count). The minimum Gasteiger partial charge on any atom is -0.377 e. The Balaban J connectivity index is 1.97. The molecule has 1 aromatic rings. The molecular weight excluding hydrogens is 270 g/mol. The molecule has 16 heavy (non-hydrogen) atoms. The molecule has 2 heterocycles. The maximum atomic E-state index is 11.8. The molecule has 0 aliphatic carbocycles. The molecule has 0 saturated carbocycles. The van der Waals surface area contributed by atoms with Gasteiger partial charge in [0.25, 0.3) is 0 Å². The maximum absolute atomic E-state index is 11.8. The van der Waals surface area contributed by atoms with Crippen molar-refractivity contribution in [3.05, 3.63) is 16.5 Å². The fourth-order valence-electron chi connectivity index (χ4n) is 1.52. The first-order chi connectivity index (χ1) is 7.58. The van der Waals surface area contributed by atoms with Gasteiger partial charge in [-0.3, -0.25) is 0 Å².